The molecule has 1 aliphatic rings. The van der Waals surface area contributed by atoms with Crippen molar-refractivity contribution in [1.82, 2.24) is 14.5 Å². The molecule has 1 fully saturated rings. The molecule has 1 amide bonds. The van der Waals surface area contributed by atoms with E-state index in [-0.39, 0.29) is 35.6 Å². The number of carbonyl (C=O) groups is 2. The topological polar surface area (TPSA) is 82.3 Å². The van der Waals surface area contributed by atoms with Gasteiger partial charge in [0.1, 0.15) is 5.39 Å². The predicted octanol–water partition coefficient (Wildman–Crippen LogP) is 4.06. The van der Waals surface area contributed by atoms with Crippen LogP contribution >= 0.6 is 0 Å². The van der Waals surface area contributed by atoms with E-state index in [0.717, 1.165) is 31.1 Å². The molecule has 1 saturated carbocycles. The number of aromatic nitrogens is 2. The smallest absolute Gasteiger partial charge is 0.272 e. The minimum Gasteiger partial charge on any atom is -0.493 e. The zero-order valence-electron chi connectivity index (χ0n) is 19.3. The van der Waals surface area contributed by atoms with Gasteiger partial charge in [0.15, 0.2) is 17.2 Å². The van der Waals surface area contributed by atoms with Gasteiger partial charge in [0.05, 0.1) is 24.7 Å². The maximum Gasteiger partial charge on any atom is 0.272 e. The quantitative estimate of drug-likeness (QED) is 0.443. The van der Waals surface area contributed by atoms with E-state index >= 15 is 0 Å². The van der Waals surface area contributed by atoms with E-state index in [9.17, 15) is 14.4 Å². The van der Waals surface area contributed by atoms with Crippen molar-refractivity contribution in [3.05, 3.63) is 76.2 Å². The highest BCUT2D eigenvalue weighted by Gasteiger charge is 2.29. The van der Waals surface area contributed by atoms with Crippen LogP contribution in [-0.4, -0.2) is 34.0 Å². The molecule has 0 unspecified atom stereocenters. The number of Topliss-reactive ketones (excluding diaryl/α,β-unsaturated/α-hetero) is 1. The van der Waals surface area contributed by atoms with Crippen LogP contribution in [0.1, 0.15) is 46.5 Å². The number of pyridine rings is 1. The molecule has 34 heavy (non-hydrogen) atoms. The van der Waals surface area contributed by atoms with Crippen molar-refractivity contribution in [2.45, 2.75) is 38.3 Å². The lowest BCUT2D eigenvalue weighted by molar-refractivity contribution is 0.0925. The van der Waals surface area contributed by atoms with Gasteiger partial charge in [-0.15, -0.1) is 0 Å². The van der Waals surface area contributed by atoms with Crippen LogP contribution < -0.4 is 15.6 Å². The average molecular weight is 458 g/mol. The Kier molecular flexibility index (Phi) is 5.69. The molecule has 7 heteroatoms. The summed E-state index contributed by atoms with van der Waals surface area (Å²) >= 11 is 0. The summed E-state index contributed by atoms with van der Waals surface area (Å²) in [4.78, 5) is 40.1. The molecule has 2 heterocycles. The van der Waals surface area contributed by atoms with Crippen LogP contribution in [-0.2, 0) is 13.6 Å². The summed E-state index contributed by atoms with van der Waals surface area (Å²) in [6.45, 7) is -0.110. The van der Waals surface area contributed by atoms with Crippen molar-refractivity contribution in [3.8, 4) is 5.75 Å². The molecule has 0 aliphatic heterocycles. The maximum absolute atomic E-state index is 13.8. The van der Waals surface area contributed by atoms with Crippen LogP contribution in [0.15, 0.2) is 59.4 Å². The Balaban J connectivity index is 1.71. The molecule has 5 rings (SSSR count). The van der Waals surface area contributed by atoms with E-state index in [1.807, 2.05) is 30.3 Å². The summed E-state index contributed by atoms with van der Waals surface area (Å²) < 4.78 is 8.88. The number of ketones is 1. The number of amides is 1. The van der Waals surface area contributed by atoms with E-state index in [1.54, 1.807) is 35.9 Å². The first kappa shape index (κ1) is 21.9. The van der Waals surface area contributed by atoms with Gasteiger partial charge in [-0.3, -0.25) is 19.0 Å². The number of aryl methyl sites for hydroxylation is 1. The predicted molar refractivity (Wildman–Crippen MR) is 132 cm³/mol. The van der Waals surface area contributed by atoms with Gasteiger partial charge in [0.25, 0.3) is 11.5 Å². The highest BCUT2D eigenvalue weighted by molar-refractivity contribution is 6.12. The van der Waals surface area contributed by atoms with Gasteiger partial charge < -0.3 is 14.6 Å². The summed E-state index contributed by atoms with van der Waals surface area (Å²) in [5.74, 6) is -0.177. The molecule has 7 nitrogen and oxygen atoms in total. The zero-order valence-corrected chi connectivity index (χ0v) is 19.3. The number of fused-ring (bicyclic) bond motifs is 3. The fourth-order valence-corrected chi connectivity index (χ4v) is 5.12. The highest BCUT2D eigenvalue weighted by Crippen LogP contribution is 2.35. The molecule has 174 valence electrons. The van der Waals surface area contributed by atoms with Crippen molar-refractivity contribution in [2.24, 2.45) is 7.05 Å². The minimum atomic E-state index is -0.356. The Labute approximate surface area is 196 Å². The van der Waals surface area contributed by atoms with Crippen LogP contribution in [0.5, 0.6) is 5.75 Å². The van der Waals surface area contributed by atoms with Gasteiger partial charge in [-0.2, -0.15) is 0 Å². The Morgan fingerprint density at radius 2 is 1.71 bits per heavy atom. The summed E-state index contributed by atoms with van der Waals surface area (Å²) in [6, 6.07) is 16.5. The summed E-state index contributed by atoms with van der Waals surface area (Å²) in [5, 5.41) is 4.19. The SMILES string of the molecule is COc1c(C(=O)NC2CCCC2)n(C)c2c1c(=O)n(CC(=O)c1ccccc1)c1ccccc21. The standard InChI is InChI=1S/C27H27N3O4/c1-29-23-19-14-8-9-15-20(19)30(16-21(31)17-10-4-3-5-11-17)27(33)22(23)25(34-2)24(29)26(32)28-18-12-6-7-13-18/h3-5,8-11,14-15,18H,6-7,12-13,16H2,1-2H3,(H,28,32). The normalized spacial score (nSPS) is 14.1. The molecule has 2 aromatic carbocycles. The molecular weight excluding hydrogens is 430 g/mol. The first-order valence-electron chi connectivity index (χ1n) is 11.6. The van der Waals surface area contributed by atoms with Crippen molar-refractivity contribution in [2.75, 3.05) is 7.11 Å². The summed E-state index contributed by atoms with van der Waals surface area (Å²) in [5.41, 5.74) is 1.76. The first-order valence-corrected chi connectivity index (χ1v) is 11.6. The van der Waals surface area contributed by atoms with Crippen LogP contribution in [0.2, 0.25) is 0 Å². The minimum absolute atomic E-state index is 0.110. The number of hydrogen-bond acceptors (Lipinski definition) is 4. The van der Waals surface area contributed by atoms with E-state index in [1.165, 1.54) is 11.7 Å². The Bertz CT molecular complexity index is 1460. The van der Waals surface area contributed by atoms with Crippen LogP contribution in [0, 0.1) is 0 Å². The number of carbonyl (C=O) groups excluding carboxylic acids is 2. The molecule has 0 saturated heterocycles. The number of nitrogens with zero attached hydrogens (tertiary/aromatic N) is 2. The zero-order chi connectivity index (χ0) is 23.8. The van der Waals surface area contributed by atoms with Gasteiger partial charge in [0, 0.05) is 24.0 Å². The van der Waals surface area contributed by atoms with Crippen molar-refractivity contribution in [3.63, 3.8) is 0 Å². The molecule has 2 aromatic heterocycles. The van der Waals surface area contributed by atoms with Gasteiger partial charge in [0.2, 0.25) is 0 Å². The van der Waals surface area contributed by atoms with E-state index < -0.39 is 0 Å². The van der Waals surface area contributed by atoms with Crippen LogP contribution in [0.3, 0.4) is 0 Å². The van der Waals surface area contributed by atoms with Crippen LogP contribution in [0.25, 0.3) is 21.8 Å². The number of benzene rings is 2. The molecule has 0 radical (unpaired) electrons. The largest absolute Gasteiger partial charge is 0.493 e. The molecule has 0 atom stereocenters. The van der Waals surface area contributed by atoms with E-state index in [4.69, 9.17) is 4.74 Å². The molecule has 0 spiro atoms. The second-order valence-corrected chi connectivity index (χ2v) is 8.82. The lowest BCUT2D eigenvalue weighted by Crippen LogP contribution is -2.33. The third-order valence-corrected chi connectivity index (χ3v) is 6.77. The molecule has 1 N–H and O–H groups in total. The fourth-order valence-electron chi connectivity index (χ4n) is 5.12. The number of hydrogen-bond donors (Lipinski definition) is 1. The monoisotopic (exact) mass is 457 g/mol. The number of rotatable bonds is 6. The molecule has 0 bridgehead atoms. The number of methoxy groups -OCH3 is 1. The lowest BCUT2D eigenvalue weighted by atomic mass is 10.1. The number of para-hydroxylation sites is 1. The summed E-state index contributed by atoms with van der Waals surface area (Å²) in [7, 11) is 3.25. The Morgan fingerprint density at radius 1 is 1.03 bits per heavy atom. The third-order valence-electron chi connectivity index (χ3n) is 6.77. The first-order chi connectivity index (χ1) is 16.5. The fraction of sp³-hybridized carbons (Fsp3) is 0.296. The highest BCUT2D eigenvalue weighted by atomic mass is 16.5. The third kappa shape index (κ3) is 3.57. The lowest BCUT2D eigenvalue weighted by Gasteiger charge is -2.13. The Hall–Kier alpha value is -3.87. The van der Waals surface area contributed by atoms with Crippen molar-refractivity contribution >= 4 is 33.5 Å². The number of ether oxygens (including phenoxy) is 1. The molecule has 1 aliphatic carbocycles. The number of nitrogens with one attached hydrogen (secondary N) is 1. The van der Waals surface area contributed by atoms with Crippen molar-refractivity contribution < 1.29 is 14.3 Å². The van der Waals surface area contributed by atoms with Gasteiger partial charge >= 0.3 is 0 Å². The van der Waals surface area contributed by atoms with Crippen LogP contribution in [0.4, 0.5) is 0 Å². The maximum atomic E-state index is 13.8. The molecular formula is C27H27N3O4. The van der Waals surface area contributed by atoms with E-state index in [0.29, 0.717) is 27.7 Å². The summed E-state index contributed by atoms with van der Waals surface area (Å²) in [6.07, 6.45) is 4.11. The van der Waals surface area contributed by atoms with Crippen molar-refractivity contribution in [1.29, 1.82) is 0 Å². The van der Waals surface area contributed by atoms with Gasteiger partial charge in [-0.05, 0) is 18.9 Å². The van der Waals surface area contributed by atoms with E-state index in [2.05, 4.69) is 5.32 Å². The molecule has 4 aromatic rings. The van der Waals surface area contributed by atoms with Gasteiger partial charge in [-0.25, -0.2) is 0 Å². The second kappa shape index (κ2) is 8.82. The Morgan fingerprint density at radius 3 is 2.41 bits per heavy atom. The average Bonchev–Trinajstić information content (AvgIpc) is 3.47. The second-order valence-electron chi connectivity index (χ2n) is 8.82. The van der Waals surface area contributed by atoms with Gasteiger partial charge in [-0.1, -0.05) is 61.4 Å².